The topological polar surface area (TPSA) is 67.8 Å². The molecule has 2 heterocycles. The van der Waals surface area contributed by atoms with Gasteiger partial charge in [0.2, 0.25) is 0 Å². The van der Waals surface area contributed by atoms with Gasteiger partial charge in [0, 0.05) is 12.1 Å². The Morgan fingerprint density at radius 2 is 1.95 bits per heavy atom. The Kier molecular flexibility index (Phi) is 4.75. The summed E-state index contributed by atoms with van der Waals surface area (Å²) in [4.78, 5) is 24.6. The lowest BCUT2D eigenvalue weighted by Crippen LogP contribution is -2.17. The van der Waals surface area contributed by atoms with Crippen molar-refractivity contribution in [2.75, 3.05) is 5.32 Å². The summed E-state index contributed by atoms with van der Waals surface area (Å²) in [5, 5.41) is 3.07. The number of rotatable bonds is 3. The van der Waals surface area contributed by atoms with E-state index in [0.29, 0.717) is 11.5 Å². The molecule has 7 heteroatoms. The molecule has 2 aromatic heterocycles. The van der Waals surface area contributed by atoms with Crippen LogP contribution >= 0.6 is 23.2 Å². The second-order valence-electron chi connectivity index (χ2n) is 4.88. The van der Waals surface area contributed by atoms with Crippen LogP contribution in [0.2, 0.25) is 10.2 Å². The minimum absolute atomic E-state index is 0.0954. The van der Waals surface area contributed by atoms with Gasteiger partial charge in [-0.15, -0.1) is 0 Å². The Morgan fingerprint density at radius 1 is 1.24 bits per heavy atom. The van der Waals surface area contributed by atoms with E-state index >= 15 is 0 Å². The fourth-order valence-electron chi connectivity index (χ4n) is 1.64. The highest BCUT2D eigenvalue weighted by molar-refractivity contribution is 6.35. The number of amides is 1. The molecule has 0 fully saturated rings. The van der Waals surface area contributed by atoms with Crippen molar-refractivity contribution in [3.8, 4) is 0 Å². The summed E-state index contributed by atoms with van der Waals surface area (Å²) in [6.07, 6.45) is 3.04. The third-order valence-electron chi connectivity index (χ3n) is 2.72. The maximum atomic E-state index is 12.3. The first kappa shape index (κ1) is 15.7. The lowest BCUT2D eigenvalue weighted by Gasteiger charge is -2.10. The molecule has 1 amide bonds. The zero-order chi connectivity index (χ0) is 15.6. The molecule has 0 saturated heterocycles. The molecule has 0 unspecified atom stereocenters. The molecule has 1 N–H and O–H groups in total. The molecule has 0 bridgehead atoms. The molecule has 0 spiro atoms. The van der Waals surface area contributed by atoms with Gasteiger partial charge >= 0.3 is 0 Å². The summed E-state index contributed by atoms with van der Waals surface area (Å²) in [5.41, 5.74) is 1.42. The van der Waals surface area contributed by atoms with Gasteiger partial charge in [-0.3, -0.25) is 4.79 Å². The summed E-state index contributed by atoms with van der Waals surface area (Å²) in [7, 11) is 0. The number of hydrogen-bond donors (Lipinski definition) is 1. The number of anilines is 1. The molecule has 5 nitrogen and oxygen atoms in total. The van der Waals surface area contributed by atoms with Gasteiger partial charge < -0.3 is 5.32 Å². The van der Waals surface area contributed by atoms with Gasteiger partial charge in [-0.1, -0.05) is 37.0 Å². The van der Waals surface area contributed by atoms with Crippen LogP contribution in [0, 0.1) is 6.92 Å². The third-order valence-corrected chi connectivity index (χ3v) is 3.30. The summed E-state index contributed by atoms with van der Waals surface area (Å²) in [6.45, 7) is 5.73. The lowest BCUT2D eigenvalue weighted by atomic mass is 10.2. The first-order valence-electron chi connectivity index (χ1n) is 6.34. The van der Waals surface area contributed by atoms with Crippen molar-refractivity contribution in [2.24, 2.45) is 0 Å². The molecule has 21 heavy (non-hydrogen) atoms. The number of aromatic nitrogens is 3. The van der Waals surface area contributed by atoms with Gasteiger partial charge in [0.15, 0.2) is 10.8 Å². The molecule has 0 aliphatic carbocycles. The third kappa shape index (κ3) is 3.68. The smallest absolute Gasteiger partial charge is 0.276 e. The van der Waals surface area contributed by atoms with E-state index in [9.17, 15) is 4.79 Å². The van der Waals surface area contributed by atoms with Crippen molar-refractivity contribution in [3.05, 3.63) is 45.7 Å². The molecule has 0 aromatic carbocycles. The van der Waals surface area contributed by atoms with E-state index in [1.165, 1.54) is 6.20 Å². The monoisotopic (exact) mass is 324 g/mol. The number of nitrogens with zero attached hydrogens (tertiary/aromatic N) is 3. The molecule has 0 saturated carbocycles. The van der Waals surface area contributed by atoms with E-state index in [4.69, 9.17) is 23.2 Å². The van der Waals surface area contributed by atoms with Crippen LogP contribution in [0.25, 0.3) is 0 Å². The van der Waals surface area contributed by atoms with Crippen LogP contribution in [0.3, 0.4) is 0 Å². The summed E-state index contributed by atoms with van der Waals surface area (Å²) >= 11 is 12.0. The van der Waals surface area contributed by atoms with Crippen molar-refractivity contribution < 1.29 is 4.79 Å². The van der Waals surface area contributed by atoms with Gasteiger partial charge in [-0.25, -0.2) is 15.0 Å². The standard InChI is InChI=1S/C14H14Cl2N4O/c1-7(2)13-18-6-9(15)11(20-13)14(21)19-10-4-8(3)5-17-12(10)16/h4-7H,1-3H3,(H,19,21). The summed E-state index contributed by atoms with van der Waals surface area (Å²) in [6, 6.07) is 1.73. The highest BCUT2D eigenvalue weighted by Gasteiger charge is 2.17. The highest BCUT2D eigenvalue weighted by atomic mass is 35.5. The van der Waals surface area contributed by atoms with Crippen LogP contribution in [0.15, 0.2) is 18.5 Å². The molecule has 0 atom stereocenters. The van der Waals surface area contributed by atoms with E-state index in [1.807, 2.05) is 20.8 Å². The number of aryl methyl sites for hydroxylation is 1. The number of pyridine rings is 1. The molecular formula is C14H14Cl2N4O. The zero-order valence-electron chi connectivity index (χ0n) is 11.8. The molecule has 110 valence electrons. The van der Waals surface area contributed by atoms with Gasteiger partial charge in [0.1, 0.15) is 5.82 Å². The van der Waals surface area contributed by atoms with Crippen LogP contribution in [0.5, 0.6) is 0 Å². The fraction of sp³-hybridized carbons (Fsp3) is 0.286. The predicted molar refractivity (Wildman–Crippen MR) is 83.1 cm³/mol. The number of carbonyl (C=O) groups is 1. The van der Waals surface area contributed by atoms with Crippen LogP contribution in [-0.2, 0) is 0 Å². The van der Waals surface area contributed by atoms with Crippen molar-refractivity contribution in [3.63, 3.8) is 0 Å². The van der Waals surface area contributed by atoms with Crippen LogP contribution in [0.4, 0.5) is 5.69 Å². The minimum atomic E-state index is -0.446. The second-order valence-corrected chi connectivity index (χ2v) is 5.65. The molecule has 0 aliphatic heterocycles. The fourth-order valence-corrected chi connectivity index (χ4v) is 1.97. The first-order valence-corrected chi connectivity index (χ1v) is 7.10. The SMILES string of the molecule is Cc1cnc(Cl)c(NC(=O)c2nc(C(C)C)ncc2Cl)c1. The normalized spacial score (nSPS) is 10.8. The van der Waals surface area contributed by atoms with Crippen LogP contribution in [0.1, 0.15) is 41.6 Å². The Balaban J connectivity index is 2.32. The predicted octanol–water partition coefficient (Wildman–Crippen LogP) is 3.86. The molecule has 2 rings (SSSR count). The van der Waals surface area contributed by atoms with E-state index < -0.39 is 5.91 Å². The summed E-state index contributed by atoms with van der Waals surface area (Å²) in [5.74, 6) is 0.203. The first-order chi connectivity index (χ1) is 9.88. The van der Waals surface area contributed by atoms with E-state index in [1.54, 1.807) is 12.3 Å². The maximum Gasteiger partial charge on any atom is 0.276 e. The Labute approximate surface area is 132 Å². The average Bonchev–Trinajstić information content (AvgIpc) is 2.43. The van der Waals surface area contributed by atoms with E-state index in [2.05, 4.69) is 20.3 Å². The zero-order valence-corrected chi connectivity index (χ0v) is 13.3. The van der Waals surface area contributed by atoms with Crippen LogP contribution in [-0.4, -0.2) is 20.9 Å². The van der Waals surface area contributed by atoms with Gasteiger partial charge in [-0.05, 0) is 18.6 Å². The number of carbonyl (C=O) groups excluding carboxylic acids is 1. The minimum Gasteiger partial charge on any atom is -0.318 e. The molecular weight excluding hydrogens is 311 g/mol. The molecule has 2 aromatic rings. The van der Waals surface area contributed by atoms with E-state index in [0.717, 1.165) is 5.56 Å². The highest BCUT2D eigenvalue weighted by Crippen LogP contribution is 2.22. The van der Waals surface area contributed by atoms with Crippen LogP contribution < -0.4 is 5.32 Å². The Hall–Kier alpha value is -1.72. The number of nitrogens with one attached hydrogen (secondary N) is 1. The van der Waals surface area contributed by atoms with Crippen molar-refractivity contribution in [1.82, 2.24) is 15.0 Å². The number of halogens is 2. The summed E-state index contributed by atoms with van der Waals surface area (Å²) < 4.78 is 0. The lowest BCUT2D eigenvalue weighted by molar-refractivity contribution is 0.102. The number of hydrogen-bond acceptors (Lipinski definition) is 4. The van der Waals surface area contributed by atoms with Gasteiger partial charge in [0.25, 0.3) is 5.91 Å². The maximum absolute atomic E-state index is 12.3. The molecule has 0 aliphatic rings. The van der Waals surface area contributed by atoms with Gasteiger partial charge in [-0.2, -0.15) is 0 Å². The van der Waals surface area contributed by atoms with Crippen molar-refractivity contribution in [1.29, 1.82) is 0 Å². The largest absolute Gasteiger partial charge is 0.318 e. The quantitative estimate of drug-likeness (QED) is 0.870. The Bertz CT molecular complexity index is 689. The van der Waals surface area contributed by atoms with E-state index in [-0.39, 0.29) is 21.8 Å². The second kappa shape index (κ2) is 6.37. The average molecular weight is 325 g/mol. The Morgan fingerprint density at radius 3 is 2.62 bits per heavy atom. The van der Waals surface area contributed by atoms with Gasteiger partial charge in [0.05, 0.1) is 16.9 Å². The van der Waals surface area contributed by atoms with Crippen molar-refractivity contribution in [2.45, 2.75) is 26.7 Å². The molecule has 0 radical (unpaired) electrons. The van der Waals surface area contributed by atoms with Crippen molar-refractivity contribution >= 4 is 34.8 Å².